The normalized spacial score (nSPS) is 10.4. The van der Waals surface area contributed by atoms with Gasteiger partial charge in [0.25, 0.3) is 0 Å². The fraction of sp³-hybridized carbons (Fsp3) is 0.462. The van der Waals surface area contributed by atoms with E-state index in [0.717, 1.165) is 22.4 Å². The number of aryl methyl sites for hydroxylation is 1. The van der Waals surface area contributed by atoms with Gasteiger partial charge in [0.1, 0.15) is 0 Å². The molecule has 0 radical (unpaired) electrons. The Morgan fingerprint density at radius 1 is 1.41 bits per heavy atom. The zero-order valence-corrected chi connectivity index (χ0v) is 11.1. The van der Waals surface area contributed by atoms with Gasteiger partial charge < -0.3 is 11.1 Å². The number of nitrogens with two attached hydrogens (primary N) is 1. The van der Waals surface area contributed by atoms with Crippen LogP contribution in [0.25, 0.3) is 0 Å². The highest BCUT2D eigenvalue weighted by Gasteiger charge is 2.08. The predicted octanol–water partition coefficient (Wildman–Crippen LogP) is 2.72. The van der Waals surface area contributed by atoms with Crippen molar-refractivity contribution in [3.8, 4) is 0 Å². The van der Waals surface area contributed by atoms with Crippen molar-refractivity contribution < 1.29 is 4.79 Å². The van der Waals surface area contributed by atoms with E-state index in [1.165, 1.54) is 0 Å². The van der Waals surface area contributed by atoms with Gasteiger partial charge in [0.05, 0.1) is 0 Å². The summed E-state index contributed by atoms with van der Waals surface area (Å²) in [5.41, 5.74) is 9.85. The molecule has 0 aliphatic carbocycles. The lowest BCUT2D eigenvalue weighted by molar-refractivity contribution is -0.116. The van der Waals surface area contributed by atoms with Gasteiger partial charge in [0.2, 0.25) is 5.91 Å². The zero-order valence-electron chi connectivity index (χ0n) is 10.3. The van der Waals surface area contributed by atoms with Crippen LogP contribution in [0, 0.1) is 13.8 Å². The number of alkyl halides is 1. The first-order valence-electron chi connectivity index (χ1n) is 5.75. The Hall–Kier alpha value is -1.06. The first-order chi connectivity index (χ1) is 8.10. The number of amides is 1. The van der Waals surface area contributed by atoms with E-state index in [4.69, 9.17) is 17.3 Å². The highest BCUT2D eigenvalue weighted by atomic mass is 35.5. The van der Waals surface area contributed by atoms with Crippen LogP contribution in [0.3, 0.4) is 0 Å². The first-order valence-corrected chi connectivity index (χ1v) is 6.28. The van der Waals surface area contributed by atoms with Gasteiger partial charge in [0, 0.05) is 24.5 Å². The summed E-state index contributed by atoms with van der Waals surface area (Å²) in [5, 5.41) is 2.89. The van der Waals surface area contributed by atoms with Crippen molar-refractivity contribution in [2.75, 3.05) is 11.2 Å². The quantitative estimate of drug-likeness (QED) is 0.794. The Labute approximate surface area is 107 Å². The van der Waals surface area contributed by atoms with Crippen LogP contribution in [0.2, 0.25) is 0 Å². The molecule has 0 fully saturated rings. The van der Waals surface area contributed by atoms with E-state index in [1.54, 1.807) is 0 Å². The maximum absolute atomic E-state index is 11.6. The van der Waals surface area contributed by atoms with Crippen molar-refractivity contribution in [2.45, 2.75) is 33.2 Å². The van der Waals surface area contributed by atoms with Gasteiger partial charge in [-0.2, -0.15) is 0 Å². The number of hydrogen-bond donors (Lipinski definition) is 2. The molecule has 4 heteroatoms. The molecule has 0 atom stereocenters. The number of halogens is 1. The third-order valence-electron chi connectivity index (χ3n) is 2.85. The fourth-order valence-electron chi connectivity index (χ4n) is 1.78. The van der Waals surface area contributed by atoms with Crippen molar-refractivity contribution in [2.24, 2.45) is 5.73 Å². The smallest absolute Gasteiger partial charge is 0.224 e. The molecule has 1 aromatic carbocycles. The van der Waals surface area contributed by atoms with E-state index < -0.39 is 0 Å². The molecule has 1 rings (SSSR count). The molecular formula is C13H19ClN2O. The molecule has 1 amide bonds. The van der Waals surface area contributed by atoms with Crippen LogP contribution >= 0.6 is 11.6 Å². The molecule has 0 heterocycles. The van der Waals surface area contributed by atoms with Crippen molar-refractivity contribution >= 4 is 23.2 Å². The molecule has 0 spiro atoms. The molecule has 94 valence electrons. The van der Waals surface area contributed by atoms with E-state index in [1.807, 2.05) is 26.0 Å². The Kier molecular flexibility index (Phi) is 5.45. The van der Waals surface area contributed by atoms with Crippen molar-refractivity contribution in [1.82, 2.24) is 0 Å². The molecule has 3 N–H and O–H groups in total. The van der Waals surface area contributed by atoms with Crippen molar-refractivity contribution in [1.29, 1.82) is 0 Å². The lowest BCUT2D eigenvalue weighted by atomic mass is 10.0. The summed E-state index contributed by atoms with van der Waals surface area (Å²) in [6.07, 6.45) is 1.15. The monoisotopic (exact) mass is 254 g/mol. The van der Waals surface area contributed by atoms with Crippen LogP contribution in [-0.4, -0.2) is 11.8 Å². The Balaban J connectivity index is 2.81. The molecule has 17 heavy (non-hydrogen) atoms. The Bertz CT molecular complexity index is 405. The molecule has 0 aromatic heterocycles. The predicted molar refractivity (Wildman–Crippen MR) is 72.4 cm³/mol. The first kappa shape index (κ1) is 14.0. The van der Waals surface area contributed by atoms with Crippen LogP contribution in [0.5, 0.6) is 0 Å². The SMILES string of the molecule is Cc1ccc(NC(=O)CCCCl)c(C)c1CN. The third kappa shape index (κ3) is 3.72. The second-order valence-electron chi connectivity index (χ2n) is 4.08. The molecule has 1 aromatic rings. The van der Waals surface area contributed by atoms with Gasteiger partial charge >= 0.3 is 0 Å². The number of anilines is 1. The summed E-state index contributed by atoms with van der Waals surface area (Å²) in [6.45, 7) is 4.49. The minimum Gasteiger partial charge on any atom is -0.326 e. The summed E-state index contributed by atoms with van der Waals surface area (Å²) in [4.78, 5) is 11.6. The molecule has 0 saturated carbocycles. The minimum absolute atomic E-state index is 0.000532. The Morgan fingerprint density at radius 3 is 2.71 bits per heavy atom. The van der Waals surface area contributed by atoms with Gasteiger partial charge in [-0.1, -0.05) is 6.07 Å². The van der Waals surface area contributed by atoms with E-state index in [2.05, 4.69) is 5.32 Å². The highest BCUT2D eigenvalue weighted by molar-refractivity contribution is 6.18. The molecule has 0 saturated heterocycles. The van der Waals surface area contributed by atoms with E-state index in [0.29, 0.717) is 25.3 Å². The van der Waals surface area contributed by atoms with Crippen LogP contribution in [0.4, 0.5) is 5.69 Å². The van der Waals surface area contributed by atoms with Gasteiger partial charge in [-0.05, 0) is 43.0 Å². The standard InChI is InChI=1S/C13H19ClN2O/c1-9-5-6-12(10(2)11(9)8-15)16-13(17)4-3-7-14/h5-6H,3-4,7-8,15H2,1-2H3,(H,16,17). The largest absolute Gasteiger partial charge is 0.326 e. The number of carbonyl (C=O) groups excluding carboxylic acids is 1. The molecule has 0 aliphatic heterocycles. The van der Waals surface area contributed by atoms with E-state index in [9.17, 15) is 4.79 Å². The summed E-state index contributed by atoms with van der Waals surface area (Å²) in [5.74, 6) is 0.509. The molecule has 0 unspecified atom stereocenters. The minimum atomic E-state index is 0.000532. The highest BCUT2D eigenvalue weighted by Crippen LogP contribution is 2.22. The van der Waals surface area contributed by atoms with E-state index in [-0.39, 0.29) is 5.91 Å². The maximum atomic E-state index is 11.6. The van der Waals surface area contributed by atoms with Crippen LogP contribution in [0.1, 0.15) is 29.5 Å². The molecule has 0 bridgehead atoms. The van der Waals surface area contributed by atoms with Crippen molar-refractivity contribution in [3.05, 3.63) is 28.8 Å². The Morgan fingerprint density at radius 2 is 2.12 bits per heavy atom. The number of carbonyl (C=O) groups is 1. The summed E-state index contributed by atoms with van der Waals surface area (Å²) in [6, 6.07) is 3.90. The second kappa shape index (κ2) is 6.62. The van der Waals surface area contributed by atoms with Gasteiger partial charge in [0.15, 0.2) is 0 Å². The number of benzene rings is 1. The lowest BCUT2D eigenvalue weighted by Crippen LogP contribution is -2.14. The summed E-state index contributed by atoms with van der Waals surface area (Å²) >= 11 is 5.55. The van der Waals surface area contributed by atoms with E-state index >= 15 is 0 Å². The third-order valence-corrected chi connectivity index (χ3v) is 3.12. The molecular weight excluding hydrogens is 236 g/mol. The van der Waals surface area contributed by atoms with Gasteiger partial charge in [-0.15, -0.1) is 11.6 Å². The average molecular weight is 255 g/mol. The second-order valence-corrected chi connectivity index (χ2v) is 4.46. The van der Waals surface area contributed by atoms with Crippen LogP contribution in [-0.2, 0) is 11.3 Å². The van der Waals surface area contributed by atoms with Gasteiger partial charge in [-0.25, -0.2) is 0 Å². The topological polar surface area (TPSA) is 55.1 Å². The average Bonchev–Trinajstić information content (AvgIpc) is 2.31. The zero-order chi connectivity index (χ0) is 12.8. The summed E-state index contributed by atoms with van der Waals surface area (Å²) < 4.78 is 0. The van der Waals surface area contributed by atoms with Crippen LogP contribution < -0.4 is 11.1 Å². The number of hydrogen-bond acceptors (Lipinski definition) is 2. The maximum Gasteiger partial charge on any atom is 0.224 e. The fourth-order valence-corrected chi connectivity index (χ4v) is 1.92. The van der Waals surface area contributed by atoms with Gasteiger partial charge in [-0.3, -0.25) is 4.79 Å². The van der Waals surface area contributed by atoms with Crippen molar-refractivity contribution in [3.63, 3.8) is 0 Å². The lowest BCUT2D eigenvalue weighted by Gasteiger charge is -2.13. The number of rotatable bonds is 5. The van der Waals surface area contributed by atoms with Crippen LogP contribution in [0.15, 0.2) is 12.1 Å². The molecule has 0 aliphatic rings. The summed E-state index contributed by atoms with van der Waals surface area (Å²) in [7, 11) is 0. The molecule has 3 nitrogen and oxygen atoms in total. The number of nitrogens with one attached hydrogen (secondary N) is 1.